The van der Waals surface area contributed by atoms with Crippen LogP contribution in [-0.2, 0) is 16.1 Å². The SMILES string of the molecule is COc1ccc(-c2noc(COC(=O)COc3ccc(C(C)C)cc3)n2)c(OC)c1. The van der Waals surface area contributed by atoms with Crippen molar-refractivity contribution in [3.63, 3.8) is 0 Å². The van der Waals surface area contributed by atoms with Crippen LogP contribution >= 0.6 is 0 Å². The molecule has 1 heterocycles. The summed E-state index contributed by atoms with van der Waals surface area (Å²) in [5.41, 5.74) is 1.83. The molecule has 0 bridgehead atoms. The highest BCUT2D eigenvalue weighted by atomic mass is 16.6. The number of nitrogens with zero attached hydrogens (tertiary/aromatic N) is 2. The number of benzene rings is 2. The van der Waals surface area contributed by atoms with Gasteiger partial charge in [0.25, 0.3) is 5.89 Å². The van der Waals surface area contributed by atoms with Crippen LogP contribution in [0.1, 0.15) is 31.2 Å². The lowest BCUT2D eigenvalue weighted by molar-refractivity contribution is -0.148. The molecule has 3 rings (SSSR count). The molecule has 0 unspecified atom stereocenters. The van der Waals surface area contributed by atoms with Crippen LogP contribution in [0.5, 0.6) is 17.2 Å². The zero-order valence-corrected chi connectivity index (χ0v) is 17.4. The monoisotopic (exact) mass is 412 g/mol. The van der Waals surface area contributed by atoms with Gasteiger partial charge in [0, 0.05) is 6.07 Å². The van der Waals surface area contributed by atoms with E-state index in [2.05, 4.69) is 24.0 Å². The standard InChI is InChI=1S/C22H24N2O6/c1-14(2)15-5-7-16(8-6-15)28-13-21(25)29-12-20-23-22(24-30-20)18-10-9-17(26-3)11-19(18)27-4/h5-11,14H,12-13H2,1-4H3. The van der Waals surface area contributed by atoms with Gasteiger partial charge in [0.15, 0.2) is 13.2 Å². The average molecular weight is 412 g/mol. The van der Waals surface area contributed by atoms with Crippen LogP contribution in [0.25, 0.3) is 11.4 Å². The van der Waals surface area contributed by atoms with Gasteiger partial charge >= 0.3 is 5.97 Å². The third-order valence-electron chi connectivity index (χ3n) is 4.38. The number of carbonyl (C=O) groups excluding carboxylic acids is 1. The first-order valence-corrected chi connectivity index (χ1v) is 9.43. The quantitative estimate of drug-likeness (QED) is 0.487. The average Bonchev–Trinajstić information content (AvgIpc) is 3.24. The highest BCUT2D eigenvalue weighted by Gasteiger charge is 2.15. The number of rotatable bonds is 9. The molecular formula is C22H24N2O6. The van der Waals surface area contributed by atoms with Crippen LogP contribution in [0, 0.1) is 0 Å². The van der Waals surface area contributed by atoms with Crippen LogP contribution in [0.15, 0.2) is 47.0 Å². The molecule has 0 atom stereocenters. The van der Waals surface area contributed by atoms with Gasteiger partial charge in [-0.25, -0.2) is 4.79 Å². The molecular weight excluding hydrogens is 388 g/mol. The Morgan fingerprint density at radius 2 is 1.77 bits per heavy atom. The minimum absolute atomic E-state index is 0.153. The second-order valence-corrected chi connectivity index (χ2v) is 6.75. The van der Waals surface area contributed by atoms with Gasteiger partial charge in [-0.3, -0.25) is 0 Å². The van der Waals surface area contributed by atoms with E-state index in [0.717, 1.165) is 0 Å². The summed E-state index contributed by atoms with van der Waals surface area (Å²) in [4.78, 5) is 16.2. The molecule has 0 saturated heterocycles. The van der Waals surface area contributed by atoms with Crippen molar-refractivity contribution in [2.24, 2.45) is 0 Å². The molecule has 0 aliphatic rings. The maximum absolute atomic E-state index is 11.9. The van der Waals surface area contributed by atoms with E-state index < -0.39 is 5.97 Å². The Labute approximate surface area is 174 Å². The van der Waals surface area contributed by atoms with Gasteiger partial charge in [-0.15, -0.1) is 0 Å². The van der Waals surface area contributed by atoms with E-state index in [0.29, 0.717) is 34.6 Å². The summed E-state index contributed by atoms with van der Waals surface area (Å²) in [6.45, 7) is 3.86. The van der Waals surface area contributed by atoms with Crippen molar-refractivity contribution in [3.05, 3.63) is 53.9 Å². The molecule has 30 heavy (non-hydrogen) atoms. The van der Waals surface area contributed by atoms with Crippen molar-refractivity contribution in [2.45, 2.75) is 26.4 Å². The lowest BCUT2D eigenvalue weighted by atomic mass is 10.0. The van der Waals surface area contributed by atoms with E-state index >= 15 is 0 Å². The summed E-state index contributed by atoms with van der Waals surface area (Å²) >= 11 is 0. The Hall–Kier alpha value is -3.55. The van der Waals surface area contributed by atoms with E-state index in [1.54, 1.807) is 25.3 Å². The van der Waals surface area contributed by atoms with Crippen molar-refractivity contribution >= 4 is 5.97 Å². The van der Waals surface area contributed by atoms with Crippen molar-refractivity contribution in [2.75, 3.05) is 20.8 Å². The second-order valence-electron chi connectivity index (χ2n) is 6.75. The number of esters is 1. The van der Waals surface area contributed by atoms with Crippen LogP contribution in [0.3, 0.4) is 0 Å². The Balaban J connectivity index is 1.53. The number of hydrogen-bond donors (Lipinski definition) is 0. The summed E-state index contributed by atoms with van der Waals surface area (Å²) in [6, 6.07) is 12.8. The number of carbonyl (C=O) groups is 1. The lowest BCUT2D eigenvalue weighted by Crippen LogP contribution is -2.14. The van der Waals surface area contributed by atoms with Gasteiger partial charge in [0.1, 0.15) is 17.2 Å². The van der Waals surface area contributed by atoms with Crippen molar-refractivity contribution in [1.82, 2.24) is 10.1 Å². The molecule has 0 saturated carbocycles. The van der Waals surface area contributed by atoms with Crippen molar-refractivity contribution in [3.8, 4) is 28.6 Å². The Morgan fingerprint density at radius 1 is 1.03 bits per heavy atom. The van der Waals surface area contributed by atoms with Crippen LogP contribution in [0.2, 0.25) is 0 Å². The Bertz CT molecular complexity index is 982. The molecule has 158 valence electrons. The molecule has 0 fully saturated rings. The van der Waals surface area contributed by atoms with E-state index in [1.807, 2.05) is 24.3 Å². The maximum Gasteiger partial charge on any atom is 0.344 e. The zero-order valence-electron chi connectivity index (χ0n) is 17.4. The maximum atomic E-state index is 11.9. The van der Waals surface area contributed by atoms with Gasteiger partial charge in [-0.05, 0) is 35.7 Å². The summed E-state index contributed by atoms with van der Waals surface area (Å²) < 4.78 is 26.3. The van der Waals surface area contributed by atoms with Gasteiger partial charge < -0.3 is 23.5 Å². The molecule has 3 aromatic rings. The topological polar surface area (TPSA) is 92.9 Å². The molecule has 0 radical (unpaired) electrons. The van der Waals surface area contributed by atoms with Crippen LogP contribution in [-0.4, -0.2) is 36.9 Å². The summed E-state index contributed by atoms with van der Waals surface area (Å²) in [6.07, 6.45) is 0. The summed E-state index contributed by atoms with van der Waals surface area (Å²) in [5.74, 6) is 2.16. The van der Waals surface area contributed by atoms with E-state index in [4.69, 9.17) is 23.5 Å². The molecule has 0 aliphatic heterocycles. The molecule has 0 amide bonds. The number of methoxy groups -OCH3 is 2. The van der Waals surface area contributed by atoms with Gasteiger partial charge in [0.2, 0.25) is 5.82 Å². The third kappa shape index (κ3) is 5.28. The first-order chi connectivity index (χ1) is 14.5. The summed E-state index contributed by atoms with van der Waals surface area (Å²) in [5, 5.41) is 3.91. The highest BCUT2D eigenvalue weighted by molar-refractivity contribution is 5.71. The summed E-state index contributed by atoms with van der Waals surface area (Å²) in [7, 11) is 3.11. The first-order valence-electron chi connectivity index (χ1n) is 9.43. The molecule has 8 heteroatoms. The molecule has 1 aromatic heterocycles. The van der Waals surface area contributed by atoms with Crippen molar-refractivity contribution < 1.29 is 28.3 Å². The van der Waals surface area contributed by atoms with Gasteiger partial charge in [-0.2, -0.15) is 4.98 Å². The molecule has 0 spiro atoms. The lowest BCUT2D eigenvalue weighted by Gasteiger charge is -2.08. The minimum atomic E-state index is -0.537. The predicted octanol–water partition coefficient (Wildman–Crippen LogP) is 4.00. The fourth-order valence-corrected chi connectivity index (χ4v) is 2.68. The van der Waals surface area contributed by atoms with Crippen molar-refractivity contribution in [1.29, 1.82) is 0 Å². The highest BCUT2D eigenvalue weighted by Crippen LogP contribution is 2.31. The number of hydrogen-bond acceptors (Lipinski definition) is 8. The molecule has 0 N–H and O–H groups in total. The fraction of sp³-hybridized carbons (Fsp3) is 0.318. The molecule has 0 aliphatic carbocycles. The normalized spacial score (nSPS) is 10.7. The van der Waals surface area contributed by atoms with Crippen LogP contribution < -0.4 is 14.2 Å². The number of aromatic nitrogens is 2. The van der Waals surface area contributed by atoms with E-state index in [9.17, 15) is 4.79 Å². The van der Waals surface area contributed by atoms with E-state index in [-0.39, 0.29) is 19.1 Å². The predicted molar refractivity (Wildman–Crippen MR) is 109 cm³/mol. The van der Waals surface area contributed by atoms with Gasteiger partial charge in [0.05, 0.1) is 19.8 Å². The largest absolute Gasteiger partial charge is 0.497 e. The van der Waals surface area contributed by atoms with Crippen LogP contribution in [0.4, 0.5) is 0 Å². The minimum Gasteiger partial charge on any atom is -0.497 e. The number of ether oxygens (including phenoxy) is 4. The fourth-order valence-electron chi connectivity index (χ4n) is 2.68. The molecule has 8 nitrogen and oxygen atoms in total. The Morgan fingerprint density at radius 3 is 2.43 bits per heavy atom. The third-order valence-corrected chi connectivity index (χ3v) is 4.38. The Kier molecular flexibility index (Phi) is 6.90. The zero-order chi connectivity index (χ0) is 21.5. The second kappa shape index (κ2) is 9.78. The smallest absolute Gasteiger partial charge is 0.344 e. The first kappa shape index (κ1) is 21.2. The molecule has 2 aromatic carbocycles. The van der Waals surface area contributed by atoms with Gasteiger partial charge in [-0.1, -0.05) is 31.1 Å². The van der Waals surface area contributed by atoms with E-state index in [1.165, 1.54) is 12.7 Å².